The van der Waals surface area contributed by atoms with E-state index in [9.17, 15) is 0 Å². The molecule has 0 unspecified atom stereocenters. The van der Waals surface area contributed by atoms with Gasteiger partial charge in [-0.25, -0.2) is 0 Å². The molecule has 0 saturated carbocycles. The molecule has 0 N–H and O–H groups in total. The molecule has 5 aromatic carbocycles. The molecule has 1 heteroatoms. The number of fused-ring (bicyclic) bond motifs is 7. The summed E-state index contributed by atoms with van der Waals surface area (Å²) in [6.07, 6.45) is 0. The second-order valence-electron chi connectivity index (χ2n) is 5.95. The van der Waals surface area contributed by atoms with Crippen LogP contribution in [0.15, 0.2) is 83.3 Å². The van der Waals surface area contributed by atoms with Gasteiger partial charge in [0.1, 0.15) is 0 Å². The molecule has 0 nitrogen and oxygen atoms in total. The molecule has 5 rings (SSSR count). The Morgan fingerprint density at radius 3 is 1.78 bits per heavy atom. The fourth-order valence-corrected chi connectivity index (χ4v) is 4.22. The first-order valence-corrected chi connectivity index (χ1v) is 8.54. The standard InChI is InChI=1S/C22H13Br/c23-19-7-3-5-15-10-12-17-13-11-16-9-8-14-4-1-2-6-18(14)20(16)22(17)21(15)19/h1-13H. The predicted molar refractivity (Wildman–Crippen MR) is 104 cm³/mol. The van der Waals surface area contributed by atoms with Crippen molar-refractivity contribution in [2.75, 3.05) is 0 Å². The predicted octanol–water partition coefficient (Wildman–Crippen LogP) is 7.06. The lowest BCUT2D eigenvalue weighted by Crippen LogP contribution is -1.84. The Hall–Kier alpha value is -2.38. The zero-order chi connectivity index (χ0) is 15.4. The molecule has 0 heterocycles. The van der Waals surface area contributed by atoms with Gasteiger partial charge in [0.05, 0.1) is 0 Å². The van der Waals surface area contributed by atoms with Crippen LogP contribution in [0.25, 0.3) is 43.1 Å². The number of halogens is 1. The van der Waals surface area contributed by atoms with Crippen molar-refractivity contribution in [1.82, 2.24) is 0 Å². The molecule has 0 radical (unpaired) electrons. The molecule has 0 aliphatic heterocycles. The molecule has 5 aromatic rings. The van der Waals surface area contributed by atoms with Crippen LogP contribution in [0, 0.1) is 0 Å². The van der Waals surface area contributed by atoms with Crippen LogP contribution in [0.5, 0.6) is 0 Å². The van der Waals surface area contributed by atoms with Gasteiger partial charge in [-0.05, 0) is 43.8 Å². The van der Waals surface area contributed by atoms with Gasteiger partial charge in [0.2, 0.25) is 0 Å². The van der Waals surface area contributed by atoms with Crippen molar-refractivity contribution in [3.8, 4) is 0 Å². The molecule has 0 bridgehead atoms. The first-order valence-electron chi connectivity index (χ1n) is 7.74. The zero-order valence-electron chi connectivity index (χ0n) is 12.4. The summed E-state index contributed by atoms with van der Waals surface area (Å²) >= 11 is 3.77. The largest absolute Gasteiger partial charge is 0.0616 e. The van der Waals surface area contributed by atoms with Crippen LogP contribution in [0.1, 0.15) is 0 Å². The molecule has 0 atom stereocenters. The lowest BCUT2D eigenvalue weighted by atomic mass is 9.93. The van der Waals surface area contributed by atoms with Crippen molar-refractivity contribution in [1.29, 1.82) is 0 Å². The van der Waals surface area contributed by atoms with Crippen molar-refractivity contribution < 1.29 is 0 Å². The Balaban J connectivity index is 2.21. The Morgan fingerprint density at radius 2 is 1.00 bits per heavy atom. The van der Waals surface area contributed by atoms with E-state index in [4.69, 9.17) is 0 Å². The summed E-state index contributed by atoms with van der Waals surface area (Å²) in [7, 11) is 0. The van der Waals surface area contributed by atoms with Crippen molar-refractivity contribution in [3.05, 3.63) is 83.3 Å². The average molecular weight is 357 g/mol. The quantitative estimate of drug-likeness (QED) is 0.260. The van der Waals surface area contributed by atoms with Crippen LogP contribution >= 0.6 is 15.9 Å². The van der Waals surface area contributed by atoms with Gasteiger partial charge >= 0.3 is 0 Å². The van der Waals surface area contributed by atoms with Gasteiger partial charge in [-0.1, -0.05) is 88.7 Å². The minimum absolute atomic E-state index is 1.15. The summed E-state index contributed by atoms with van der Waals surface area (Å²) in [5.41, 5.74) is 0. The first-order chi connectivity index (χ1) is 11.3. The van der Waals surface area contributed by atoms with Gasteiger partial charge in [0, 0.05) is 9.86 Å². The molecule has 0 fully saturated rings. The number of hydrogen-bond donors (Lipinski definition) is 0. The number of rotatable bonds is 0. The van der Waals surface area contributed by atoms with Crippen molar-refractivity contribution in [3.63, 3.8) is 0 Å². The second kappa shape index (κ2) is 4.81. The molecular weight excluding hydrogens is 344 g/mol. The maximum atomic E-state index is 3.77. The molecule has 0 spiro atoms. The highest BCUT2D eigenvalue weighted by Gasteiger charge is 2.10. The Bertz CT molecular complexity index is 1210. The van der Waals surface area contributed by atoms with Crippen LogP contribution in [0.4, 0.5) is 0 Å². The molecule has 0 saturated heterocycles. The maximum absolute atomic E-state index is 3.77. The summed E-state index contributed by atoms with van der Waals surface area (Å²) in [6, 6.07) is 28.4. The topological polar surface area (TPSA) is 0 Å². The SMILES string of the molecule is Brc1cccc2ccc3ccc4ccc5ccccc5c4c3c12. The lowest BCUT2D eigenvalue weighted by molar-refractivity contribution is 1.74. The molecule has 0 aliphatic rings. The summed E-state index contributed by atoms with van der Waals surface area (Å²) in [6.45, 7) is 0. The summed E-state index contributed by atoms with van der Waals surface area (Å²) in [5, 5.41) is 10.4. The smallest absolute Gasteiger partial charge is 0.0260 e. The third-order valence-electron chi connectivity index (χ3n) is 4.68. The van der Waals surface area contributed by atoms with Crippen LogP contribution in [-0.2, 0) is 0 Å². The Morgan fingerprint density at radius 1 is 0.435 bits per heavy atom. The Labute approximate surface area is 142 Å². The van der Waals surface area contributed by atoms with Crippen molar-refractivity contribution in [2.24, 2.45) is 0 Å². The van der Waals surface area contributed by atoms with E-state index in [0.29, 0.717) is 0 Å². The van der Waals surface area contributed by atoms with E-state index in [2.05, 4.69) is 94.8 Å². The molecule has 0 amide bonds. The van der Waals surface area contributed by atoms with Gasteiger partial charge in [-0.3, -0.25) is 0 Å². The third-order valence-corrected chi connectivity index (χ3v) is 5.34. The van der Waals surface area contributed by atoms with E-state index in [1.54, 1.807) is 0 Å². The van der Waals surface area contributed by atoms with Crippen LogP contribution in [0.3, 0.4) is 0 Å². The van der Waals surface area contributed by atoms with Crippen LogP contribution < -0.4 is 0 Å². The monoisotopic (exact) mass is 356 g/mol. The minimum atomic E-state index is 1.15. The fraction of sp³-hybridized carbons (Fsp3) is 0. The van der Waals surface area contributed by atoms with E-state index >= 15 is 0 Å². The first kappa shape index (κ1) is 13.1. The van der Waals surface area contributed by atoms with E-state index in [0.717, 1.165) is 4.47 Å². The molecule has 23 heavy (non-hydrogen) atoms. The Kier molecular flexibility index (Phi) is 2.74. The van der Waals surface area contributed by atoms with E-state index < -0.39 is 0 Å². The van der Waals surface area contributed by atoms with Crippen LogP contribution in [-0.4, -0.2) is 0 Å². The molecule has 0 aromatic heterocycles. The highest BCUT2D eigenvalue weighted by atomic mass is 79.9. The second-order valence-corrected chi connectivity index (χ2v) is 6.81. The maximum Gasteiger partial charge on any atom is 0.0260 e. The van der Waals surface area contributed by atoms with E-state index in [1.165, 1.54) is 43.1 Å². The third kappa shape index (κ3) is 1.83. The van der Waals surface area contributed by atoms with E-state index in [-0.39, 0.29) is 0 Å². The van der Waals surface area contributed by atoms with E-state index in [1.807, 2.05) is 0 Å². The van der Waals surface area contributed by atoms with Gasteiger partial charge < -0.3 is 0 Å². The summed E-state index contributed by atoms with van der Waals surface area (Å²) < 4.78 is 1.15. The molecule has 0 aliphatic carbocycles. The van der Waals surface area contributed by atoms with Gasteiger partial charge in [-0.2, -0.15) is 0 Å². The fourth-order valence-electron chi connectivity index (χ4n) is 3.64. The van der Waals surface area contributed by atoms with Crippen molar-refractivity contribution in [2.45, 2.75) is 0 Å². The van der Waals surface area contributed by atoms with Gasteiger partial charge in [0.25, 0.3) is 0 Å². The van der Waals surface area contributed by atoms with Crippen LogP contribution in [0.2, 0.25) is 0 Å². The highest BCUT2D eigenvalue weighted by Crippen LogP contribution is 2.38. The minimum Gasteiger partial charge on any atom is -0.0616 e. The van der Waals surface area contributed by atoms with Gasteiger partial charge in [0.15, 0.2) is 0 Å². The molecular formula is C22H13Br. The lowest BCUT2D eigenvalue weighted by Gasteiger charge is -2.12. The average Bonchev–Trinajstić information content (AvgIpc) is 2.61. The highest BCUT2D eigenvalue weighted by molar-refractivity contribution is 9.10. The zero-order valence-corrected chi connectivity index (χ0v) is 14.0. The molecule has 108 valence electrons. The van der Waals surface area contributed by atoms with Gasteiger partial charge in [-0.15, -0.1) is 0 Å². The number of hydrogen-bond acceptors (Lipinski definition) is 0. The summed E-state index contributed by atoms with van der Waals surface area (Å²) in [4.78, 5) is 0. The number of benzene rings is 5. The van der Waals surface area contributed by atoms with Crippen molar-refractivity contribution >= 4 is 59.0 Å². The summed E-state index contributed by atoms with van der Waals surface area (Å²) in [5.74, 6) is 0. The normalized spacial score (nSPS) is 11.7.